The number of hydrogen-bond donors (Lipinski definition) is 0. The number of benzene rings is 5. The van der Waals surface area contributed by atoms with Gasteiger partial charge in [0.2, 0.25) is 0 Å². The molecule has 0 amide bonds. The van der Waals surface area contributed by atoms with E-state index in [1.165, 1.54) is 76.2 Å². The van der Waals surface area contributed by atoms with Crippen molar-refractivity contribution in [2.75, 3.05) is 0 Å². The SMILES string of the molecule is C1=CC2=Cc3ccccc3C3=Cc4cc5cc6c(cc5cc4=CC23C=C1)c1c(c2ccccc26)C=CCC=1. The Bertz CT molecular complexity index is 2190. The Kier molecular flexibility index (Phi) is 3.87. The van der Waals surface area contributed by atoms with Gasteiger partial charge in [-0.05, 0) is 119 Å². The lowest BCUT2D eigenvalue weighted by Crippen LogP contribution is -2.30. The predicted octanol–water partition coefficient (Wildman–Crippen LogP) is 8.19. The molecule has 0 saturated heterocycles. The Balaban J connectivity index is 1.39. The first-order valence-corrected chi connectivity index (χ1v) is 13.5. The van der Waals surface area contributed by atoms with Gasteiger partial charge < -0.3 is 0 Å². The highest BCUT2D eigenvalue weighted by Gasteiger charge is 2.39. The molecule has 0 N–H and O–H groups in total. The first-order valence-electron chi connectivity index (χ1n) is 13.5. The van der Waals surface area contributed by atoms with E-state index in [0.29, 0.717) is 0 Å². The van der Waals surface area contributed by atoms with Gasteiger partial charge in [0.25, 0.3) is 0 Å². The number of hydrogen-bond acceptors (Lipinski definition) is 0. The van der Waals surface area contributed by atoms with Crippen LogP contribution in [0.25, 0.3) is 68.3 Å². The fourth-order valence-corrected chi connectivity index (χ4v) is 7.17. The minimum atomic E-state index is -0.214. The molecule has 0 aromatic heterocycles. The molecule has 5 aromatic carbocycles. The summed E-state index contributed by atoms with van der Waals surface area (Å²) in [4.78, 5) is 0. The zero-order valence-corrected chi connectivity index (χ0v) is 20.9. The van der Waals surface area contributed by atoms with Crippen molar-refractivity contribution in [2.24, 2.45) is 5.41 Å². The first-order chi connectivity index (χ1) is 18.8. The summed E-state index contributed by atoms with van der Waals surface area (Å²) in [7, 11) is 0. The molecule has 9 rings (SSSR count). The van der Waals surface area contributed by atoms with Crippen LogP contribution in [-0.4, -0.2) is 0 Å². The molecule has 0 radical (unpaired) electrons. The Hall–Kier alpha value is -4.68. The van der Waals surface area contributed by atoms with Crippen molar-refractivity contribution in [1.82, 2.24) is 0 Å². The van der Waals surface area contributed by atoms with Crippen molar-refractivity contribution < 1.29 is 0 Å². The monoisotopic (exact) mass is 480 g/mol. The molecule has 1 atom stereocenters. The minimum Gasteiger partial charge on any atom is -0.0801 e. The molecule has 38 heavy (non-hydrogen) atoms. The van der Waals surface area contributed by atoms with Crippen LogP contribution in [0, 0.1) is 5.41 Å². The number of fused-ring (bicyclic) bond motifs is 10. The molecular formula is C38H24. The molecule has 0 bridgehead atoms. The van der Waals surface area contributed by atoms with Crippen molar-refractivity contribution in [1.29, 1.82) is 0 Å². The highest BCUT2D eigenvalue weighted by atomic mass is 14.4. The van der Waals surface area contributed by atoms with Crippen LogP contribution in [0.2, 0.25) is 0 Å². The Morgan fingerprint density at radius 3 is 2.47 bits per heavy atom. The lowest BCUT2D eigenvalue weighted by Gasteiger charge is -2.40. The van der Waals surface area contributed by atoms with Gasteiger partial charge in [-0.1, -0.05) is 97.1 Å². The summed E-state index contributed by atoms with van der Waals surface area (Å²) in [6.45, 7) is 0. The lowest BCUT2D eigenvalue weighted by atomic mass is 9.63. The molecule has 0 aliphatic heterocycles. The third kappa shape index (κ3) is 2.60. The average molecular weight is 481 g/mol. The summed E-state index contributed by atoms with van der Waals surface area (Å²) < 4.78 is 0. The van der Waals surface area contributed by atoms with Crippen molar-refractivity contribution in [3.63, 3.8) is 0 Å². The topological polar surface area (TPSA) is 0 Å². The average Bonchev–Trinajstić information content (AvgIpc) is 2.97. The van der Waals surface area contributed by atoms with Gasteiger partial charge in [0.15, 0.2) is 0 Å². The molecule has 4 aliphatic carbocycles. The second-order valence-corrected chi connectivity index (χ2v) is 10.9. The molecule has 0 saturated carbocycles. The number of rotatable bonds is 0. The van der Waals surface area contributed by atoms with Crippen molar-refractivity contribution >= 4 is 68.3 Å². The maximum absolute atomic E-state index is 2.49. The fourth-order valence-electron chi connectivity index (χ4n) is 7.17. The molecule has 0 heteroatoms. The smallest absolute Gasteiger partial charge is 0.0581 e. The molecule has 1 unspecified atom stereocenters. The minimum absolute atomic E-state index is 0.214. The molecule has 0 fully saturated rings. The summed E-state index contributed by atoms with van der Waals surface area (Å²) in [5, 5.41) is 10.7. The van der Waals surface area contributed by atoms with E-state index in [9.17, 15) is 0 Å². The second kappa shape index (κ2) is 7.21. The Labute approximate surface area is 221 Å². The van der Waals surface area contributed by atoms with Gasteiger partial charge >= 0.3 is 0 Å². The number of allylic oxidation sites excluding steroid dienone is 7. The quantitative estimate of drug-likeness (QED) is 0.155. The van der Waals surface area contributed by atoms with Crippen molar-refractivity contribution in [3.05, 3.63) is 141 Å². The standard InChI is InChI=1S/C38H24/c1-2-11-30-24(9-1)19-29-10-7-8-16-38(29)23-28-18-26-21-36-34-15-6-4-13-32(34)31-12-3-5-14-33(31)35(36)20-25(26)17-27(28)22-37(30)38/h1-5,7-23H,6H2. The fraction of sp³-hybridized carbons (Fsp3) is 0.0526. The van der Waals surface area contributed by atoms with Gasteiger partial charge in [0.1, 0.15) is 0 Å². The van der Waals surface area contributed by atoms with E-state index in [4.69, 9.17) is 0 Å². The van der Waals surface area contributed by atoms with E-state index in [1.807, 2.05) is 0 Å². The maximum Gasteiger partial charge on any atom is 0.0581 e. The van der Waals surface area contributed by atoms with Gasteiger partial charge in [0.05, 0.1) is 5.41 Å². The van der Waals surface area contributed by atoms with Gasteiger partial charge in [-0.2, -0.15) is 0 Å². The van der Waals surface area contributed by atoms with Crippen LogP contribution in [0.4, 0.5) is 0 Å². The molecule has 176 valence electrons. The third-order valence-corrected chi connectivity index (χ3v) is 8.92. The Morgan fingerprint density at radius 1 is 0.658 bits per heavy atom. The summed E-state index contributed by atoms with van der Waals surface area (Å²) >= 11 is 0. The van der Waals surface area contributed by atoms with Crippen LogP contribution in [0.15, 0.2) is 109 Å². The first kappa shape index (κ1) is 20.4. The van der Waals surface area contributed by atoms with Crippen LogP contribution in [0.5, 0.6) is 0 Å². The highest BCUT2D eigenvalue weighted by molar-refractivity contribution is 6.15. The van der Waals surface area contributed by atoms with Gasteiger partial charge in [-0.3, -0.25) is 0 Å². The zero-order chi connectivity index (χ0) is 24.8. The highest BCUT2D eigenvalue weighted by Crippen LogP contribution is 2.53. The third-order valence-electron chi connectivity index (χ3n) is 8.92. The summed E-state index contributed by atoms with van der Waals surface area (Å²) in [5.41, 5.74) is 7.79. The molecular weight excluding hydrogens is 456 g/mol. The van der Waals surface area contributed by atoms with Crippen LogP contribution in [0.3, 0.4) is 0 Å². The van der Waals surface area contributed by atoms with Gasteiger partial charge in [-0.25, -0.2) is 0 Å². The normalized spacial score (nSPS) is 20.0. The van der Waals surface area contributed by atoms with Crippen LogP contribution in [-0.2, 0) is 0 Å². The van der Waals surface area contributed by atoms with Gasteiger partial charge in [-0.15, -0.1) is 0 Å². The van der Waals surface area contributed by atoms with E-state index >= 15 is 0 Å². The largest absolute Gasteiger partial charge is 0.0801 e. The van der Waals surface area contributed by atoms with E-state index in [0.717, 1.165) is 6.42 Å². The van der Waals surface area contributed by atoms with Crippen LogP contribution in [0.1, 0.15) is 28.7 Å². The van der Waals surface area contributed by atoms with E-state index < -0.39 is 0 Å². The van der Waals surface area contributed by atoms with Crippen LogP contribution >= 0.6 is 0 Å². The molecule has 5 aromatic rings. The van der Waals surface area contributed by atoms with Crippen molar-refractivity contribution in [2.45, 2.75) is 6.42 Å². The molecule has 0 heterocycles. The van der Waals surface area contributed by atoms with Crippen molar-refractivity contribution in [3.8, 4) is 0 Å². The maximum atomic E-state index is 2.49. The summed E-state index contributed by atoms with van der Waals surface area (Å²) in [6, 6.07) is 27.4. The second-order valence-electron chi connectivity index (χ2n) is 10.9. The molecule has 1 spiro atoms. The van der Waals surface area contributed by atoms with Crippen LogP contribution < -0.4 is 10.4 Å². The van der Waals surface area contributed by atoms with E-state index in [-0.39, 0.29) is 5.41 Å². The van der Waals surface area contributed by atoms with Gasteiger partial charge in [0, 0.05) is 0 Å². The molecule has 0 nitrogen and oxygen atoms in total. The predicted molar refractivity (Wildman–Crippen MR) is 164 cm³/mol. The lowest BCUT2D eigenvalue weighted by molar-refractivity contribution is 0.842. The zero-order valence-electron chi connectivity index (χ0n) is 20.9. The van der Waals surface area contributed by atoms with E-state index in [1.54, 1.807) is 0 Å². The summed E-state index contributed by atoms with van der Waals surface area (Å²) in [5.74, 6) is 0. The Morgan fingerprint density at radius 2 is 1.50 bits per heavy atom. The molecule has 4 aliphatic rings. The summed E-state index contributed by atoms with van der Waals surface area (Å²) in [6.07, 6.45) is 24.3. The van der Waals surface area contributed by atoms with E-state index in [2.05, 4.69) is 134 Å².